The summed E-state index contributed by atoms with van der Waals surface area (Å²) in [6, 6.07) is 11.9. The van der Waals surface area contributed by atoms with E-state index in [1.165, 1.54) is 23.5 Å². The van der Waals surface area contributed by atoms with E-state index in [0.717, 1.165) is 13.8 Å². The fraction of sp³-hybridized carbons (Fsp3) is 0.125. The van der Waals surface area contributed by atoms with Crippen LogP contribution in [0.4, 0.5) is 5.69 Å². The van der Waals surface area contributed by atoms with Gasteiger partial charge in [-0.15, -0.1) is 0 Å². The number of rotatable bonds is 3. The summed E-state index contributed by atoms with van der Waals surface area (Å²) < 4.78 is 3.46. The lowest BCUT2D eigenvalue weighted by Crippen LogP contribution is -2.16. The van der Waals surface area contributed by atoms with E-state index in [2.05, 4.69) is 27.6 Å². The van der Waals surface area contributed by atoms with E-state index in [0.29, 0.717) is 16.9 Å². The Morgan fingerprint density at radius 3 is 2.75 bits per heavy atom. The summed E-state index contributed by atoms with van der Waals surface area (Å²) in [4.78, 5) is 27.8. The molecule has 122 valence electrons. The molecule has 0 aliphatic carbocycles. The van der Waals surface area contributed by atoms with Gasteiger partial charge in [-0.3, -0.25) is 14.9 Å². The van der Waals surface area contributed by atoms with Crippen LogP contribution in [0.25, 0.3) is 10.2 Å². The fourth-order valence-corrected chi connectivity index (χ4v) is 4.09. The fourth-order valence-electron chi connectivity index (χ4n) is 2.35. The molecule has 1 amide bonds. The van der Waals surface area contributed by atoms with Gasteiger partial charge in [-0.1, -0.05) is 23.5 Å². The number of hydrogen-bond acceptors (Lipinski definition) is 4. The van der Waals surface area contributed by atoms with Gasteiger partial charge in [-0.25, -0.2) is 0 Å². The number of nitro benzene ring substituents is 1. The third kappa shape index (κ3) is 3.11. The van der Waals surface area contributed by atoms with Gasteiger partial charge in [0.1, 0.15) is 0 Å². The normalized spacial score (nSPS) is 11.8. The molecule has 0 aliphatic heterocycles. The summed E-state index contributed by atoms with van der Waals surface area (Å²) in [7, 11) is 0. The molecule has 2 aromatic carbocycles. The van der Waals surface area contributed by atoms with Gasteiger partial charge in [0, 0.05) is 22.2 Å². The Bertz CT molecular complexity index is 1020. The van der Waals surface area contributed by atoms with Gasteiger partial charge in [0.25, 0.3) is 11.6 Å². The smallest absolute Gasteiger partial charge is 0.280 e. The molecule has 1 aromatic heterocycles. The predicted octanol–water partition coefficient (Wildman–Crippen LogP) is 3.98. The average Bonchev–Trinajstić information content (AvgIpc) is 2.91. The number of aryl methyl sites for hydroxylation is 1. The SMILES string of the molecule is CCn1c(=NC(=O)c2ccccc2I)sc2cc([N+](=O)[O-])ccc21. The van der Waals surface area contributed by atoms with Gasteiger partial charge in [-0.05, 0) is 47.7 Å². The molecule has 3 rings (SSSR count). The van der Waals surface area contributed by atoms with E-state index in [1.807, 2.05) is 23.6 Å². The highest BCUT2D eigenvalue weighted by molar-refractivity contribution is 14.1. The molecule has 0 N–H and O–H groups in total. The standard InChI is InChI=1S/C16H12IN3O3S/c1-2-19-13-8-7-10(20(22)23)9-14(13)24-16(19)18-15(21)11-5-3-4-6-12(11)17/h3-9H,2H2,1H3. The molecule has 0 saturated heterocycles. The number of thiazole rings is 1. The van der Waals surface area contributed by atoms with E-state index < -0.39 is 4.92 Å². The molecule has 1 heterocycles. The van der Waals surface area contributed by atoms with Crippen LogP contribution in [0.5, 0.6) is 0 Å². The largest absolute Gasteiger partial charge is 0.317 e. The van der Waals surface area contributed by atoms with E-state index in [9.17, 15) is 14.9 Å². The Hall–Kier alpha value is -2.07. The van der Waals surface area contributed by atoms with Crippen LogP contribution in [0.1, 0.15) is 17.3 Å². The molecule has 0 saturated carbocycles. The highest BCUT2D eigenvalue weighted by atomic mass is 127. The van der Waals surface area contributed by atoms with Gasteiger partial charge < -0.3 is 4.57 Å². The summed E-state index contributed by atoms with van der Waals surface area (Å²) in [6.07, 6.45) is 0. The van der Waals surface area contributed by atoms with Crippen molar-refractivity contribution in [1.29, 1.82) is 0 Å². The average molecular weight is 453 g/mol. The first-order valence-electron chi connectivity index (χ1n) is 7.12. The lowest BCUT2D eigenvalue weighted by molar-refractivity contribution is -0.384. The molecule has 0 atom stereocenters. The Morgan fingerprint density at radius 2 is 2.08 bits per heavy atom. The minimum atomic E-state index is -0.427. The lowest BCUT2D eigenvalue weighted by atomic mass is 10.2. The summed E-state index contributed by atoms with van der Waals surface area (Å²) in [5, 5.41) is 10.9. The number of fused-ring (bicyclic) bond motifs is 1. The van der Waals surface area contributed by atoms with Crippen LogP contribution >= 0.6 is 33.9 Å². The van der Waals surface area contributed by atoms with E-state index in [-0.39, 0.29) is 11.6 Å². The molecule has 0 spiro atoms. The number of benzene rings is 2. The maximum Gasteiger partial charge on any atom is 0.280 e. The van der Waals surface area contributed by atoms with Crippen molar-refractivity contribution in [1.82, 2.24) is 4.57 Å². The molecule has 0 aliphatic rings. The van der Waals surface area contributed by atoms with Crippen LogP contribution < -0.4 is 4.80 Å². The molecular formula is C16H12IN3O3S. The summed E-state index contributed by atoms with van der Waals surface area (Å²) >= 11 is 3.38. The van der Waals surface area contributed by atoms with Crippen LogP contribution in [0.2, 0.25) is 0 Å². The second kappa shape index (κ2) is 6.81. The predicted molar refractivity (Wildman–Crippen MR) is 101 cm³/mol. The minimum Gasteiger partial charge on any atom is -0.317 e. The number of non-ortho nitro benzene ring substituents is 1. The summed E-state index contributed by atoms with van der Waals surface area (Å²) in [5.74, 6) is -0.316. The molecule has 0 fully saturated rings. The van der Waals surface area contributed by atoms with Crippen LogP contribution in [0.15, 0.2) is 47.5 Å². The first kappa shape index (κ1) is 16.8. The van der Waals surface area contributed by atoms with Gasteiger partial charge in [0.05, 0.1) is 20.7 Å². The van der Waals surface area contributed by atoms with Crippen molar-refractivity contribution in [2.75, 3.05) is 0 Å². The number of carbonyl (C=O) groups excluding carboxylic acids is 1. The van der Waals surface area contributed by atoms with Gasteiger partial charge in [0.2, 0.25) is 0 Å². The number of nitrogens with zero attached hydrogens (tertiary/aromatic N) is 3. The van der Waals surface area contributed by atoms with Crippen molar-refractivity contribution in [2.45, 2.75) is 13.5 Å². The number of amides is 1. The zero-order chi connectivity index (χ0) is 17.3. The number of carbonyl (C=O) groups is 1. The molecule has 24 heavy (non-hydrogen) atoms. The number of nitro groups is 1. The second-order valence-electron chi connectivity index (χ2n) is 4.93. The maximum absolute atomic E-state index is 12.5. The van der Waals surface area contributed by atoms with Crippen molar-refractivity contribution < 1.29 is 9.72 Å². The quantitative estimate of drug-likeness (QED) is 0.342. The monoisotopic (exact) mass is 453 g/mol. The highest BCUT2D eigenvalue weighted by Gasteiger charge is 2.13. The zero-order valence-electron chi connectivity index (χ0n) is 12.6. The van der Waals surface area contributed by atoms with Crippen molar-refractivity contribution in [3.63, 3.8) is 0 Å². The number of halogens is 1. The van der Waals surface area contributed by atoms with Crippen LogP contribution in [0.3, 0.4) is 0 Å². The van der Waals surface area contributed by atoms with E-state index >= 15 is 0 Å². The second-order valence-corrected chi connectivity index (χ2v) is 7.11. The molecule has 0 radical (unpaired) electrons. The van der Waals surface area contributed by atoms with E-state index in [4.69, 9.17) is 0 Å². The summed E-state index contributed by atoms with van der Waals surface area (Å²) in [5.41, 5.74) is 1.41. The third-order valence-corrected chi connectivity index (χ3v) is 5.48. The number of hydrogen-bond donors (Lipinski definition) is 0. The molecule has 3 aromatic rings. The van der Waals surface area contributed by atoms with Crippen molar-refractivity contribution in [3.05, 3.63) is 66.5 Å². The minimum absolute atomic E-state index is 0.0301. The molecule has 8 heteroatoms. The molecule has 6 nitrogen and oxygen atoms in total. The Morgan fingerprint density at radius 1 is 1.33 bits per heavy atom. The van der Waals surface area contributed by atoms with Crippen molar-refractivity contribution in [2.24, 2.45) is 4.99 Å². The Balaban J connectivity index is 2.16. The van der Waals surface area contributed by atoms with Gasteiger partial charge in [0.15, 0.2) is 4.80 Å². The van der Waals surface area contributed by atoms with Gasteiger partial charge >= 0.3 is 0 Å². The zero-order valence-corrected chi connectivity index (χ0v) is 15.6. The lowest BCUT2D eigenvalue weighted by Gasteiger charge is -2.01. The van der Waals surface area contributed by atoms with Crippen LogP contribution in [0, 0.1) is 13.7 Å². The molecular weight excluding hydrogens is 441 g/mol. The maximum atomic E-state index is 12.5. The first-order valence-corrected chi connectivity index (χ1v) is 9.02. The molecule has 0 bridgehead atoms. The first-order chi connectivity index (χ1) is 11.5. The highest BCUT2D eigenvalue weighted by Crippen LogP contribution is 2.23. The topological polar surface area (TPSA) is 77.5 Å². The van der Waals surface area contributed by atoms with Crippen molar-refractivity contribution >= 4 is 55.7 Å². The van der Waals surface area contributed by atoms with Crippen molar-refractivity contribution in [3.8, 4) is 0 Å². The van der Waals surface area contributed by atoms with Crippen LogP contribution in [-0.4, -0.2) is 15.4 Å². The third-order valence-electron chi connectivity index (χ3n) is 3.49. The Kier molecular flexibility index (Phi) is 4.76. The Labute approximate surface area is 154 Å². The molecule has 0 unspecified atom stereocenters. The van der Waals surface area contributed by atoms with Crippen LogP contribution in [-0.2, 0) is 6.54 Å². The van der Waals surface area contributed by atoms with E-state index in [1.54, 1.807) is 18.2 Å². The number of aromatic nitrogens is 1. The summed E-state index contributed by atoms with van der Waals surface area (Å²) in [6.45, 7) is 2.57. The van der Waals surface area contributed by atoms with Gasteiger partial charge in [-0.2, -0.15) is 4.99 Å².